The Balaban J connectivity index is 2.14. The Morgan fingerprint density at radius 3 is 2.89 bits per heavy atom. The van der Waals surface area contributed by atoms with Gasteiger partial charge in [0.1, 0.15) is 0 Å². The molecule has 1 fully saturated rings. The van der Waals surface area contributed by atoms with Gasteiger partial charge in [-0.25, -0.2) is 8.42 Å². The van der Waals surface area contributed by atoms with Crippen LogP contribution in [-0.2, 0) is 10.0 Å². The van der Waals surface area contributed by atoms with Crippen LogP contribution < -0.4 is 5.32 Å². The number of benzene rings is 1. The van der Waals surface area contributed by atoms with E-state index in [2.05, 4.69) is 5.32 Å². The predicted octanol–water partition coefficient (Wildman–Crippen LogP) is 1.71. The zero-order chi connectivity index (χ0) is 13.2. The van der Waals surface area contributed by atoms with Crippen LogP contribution in [0, 0.1) is 0 Å². The topological polar surface area (TPSA) is 49.4 Å². The Morgan fingerprint density at radius 2 is 2.28 bits per heavy atom. The third-order valence-electron chi connectivity index (χ3n) is 3.14. The fraction of sp³-hybridized carbons (Fsp3) is 0.500. The van der Waals surface area contributed by atoms with Gasteiger partial charge in [-0.15, -0.1) is 0 Å². The van der Waals surface area contributed by atoms with Gasteiger partial charge < -0.3 is 5.32 Å². The second-order valence-corrected chi connectivity index (χ2v) is 7.02. The summed E-state index contributed by atoms with van der Waals surface area (Å²) in [6.45, 7) is 1.46. The standard InChI is InChI=1S/C12H17ClN2O2S/c1-15(9-11-5-3-7-14-11)18(16,17)12-6-2-4-10(13)8-12/h2,4,6,8,11,14H,3,5,7,9H2,1H3. The first-order chi connectivity index (χ1) is 8.50. The first-order valence-electron chi connectivity index (χ1n) is 5.95. The molecule has 2 rings (SSSR count). The van der Waals surface area contributed by atoms with Crippen molar-refractivity contribution in [3.05, 3.63) is 29.3 Å². The van der Waals surface area contributed by atoms with Gasteiger partial charge in [-0.3, -0.25) is 0 Å². The zero-order valence-corrected chi connectivity index (χ0v) is 11.8. The van der Waals surface area contributed by atoms with E-state index in [9.17, 15) is 8.42 Å². The Hall–Kier alpha value is -0.620. The maximum absolute atomic E-state index is 12.3. The van der Waals surface area contributed by atoms with E-state index in [4.69, 9.17) is 11.6 Å². The molecule has 0 amide bonds. The maximum Gasteiger partial charge on any atom is 0.242 e. The SMILES string of the molecule is CN(CC1CCCN1)S(=O)(=O)c1cccc(Cl)c1. The molecule has 1 unspecified atom stereocenters. The lowest BCUT2D eigenvalue weighted by Gasteiger charge is -2.21. The molecule has 1 atom stereocenters. The van der Waals surface area contributed by atoms with Crippen LogP contribution in [0.25, 0.3) is 0 Å². The van der Waals surface area contributed by atoms with E-state index in [1.54, 1.807) is 25.2 Å². The summed E-state index contributed by atoms with van der Waals surface area (Å²) >= 11 is 5.83. The highest BCUT2D eigenvalue weighted by molar-refractivity contribution is 7.89. The summed E-state index contributed by atoms with van der Waals surface area (Å²) in [5, 5.41) is 3.72. The van der Waals surface area contributed by atoms with Gasteiger partial charge >= 0.3 is 0 Å². The molecule has 6 heteroatoms. The van der Waals surface area contributed by atoms with Gasteiger partial charge in [0.15, 0.2) is 0 Å². The number of likely N-dealkylation sites (N-methyl/N-ethyl adjacent to an activating group) is 1. The molecule has 1 heterocycles. The van der Waals surface area contributed by atoms with Gasteiger partial charge in [-0.2, -0.15) is 4.31 Å². The minimum absolute atomic E-state index is 0.246. The highest BCUT2D eigenvalue weighted by Gasteiger charge is 2.25. The molecular formula is C12H17ClN2O2S. The van der Waals surface area contributed by atoms with Crippen LogP contribution in [0.5, 0.6) is 0 Å². The Bertz CT molecular complexity index is 513. The molecule has 0 saturated carbocycles. The summed E-state index contributed by atoms with van der Waals surface area (Å²) in [4.78, 5) is 0.246. The van der Waals surface area contributed by atoms with Gasteiger partial charge in [0, 0.05) is 24.7 Å². The lowest BCUT2D eigenvalue weighted by Crippen LogP contribution is -2.38. The van der Waals surface area contributed by atoms with Crippen LogP contribution in [0.3, 0.4) is 0 Å². The van der Waals surface area contributed by atoms with Crippen molar-refractivity contribution in [3.8, 4) is 0 Å². The average Bonchev–Trinajstić information content (AvgIpc) is 2.81. The Morgan fingerprint density at radius 1 is 1.50 bits per heavy atom. The fourth-order valence-corrected chi connectivity index (χ4v) is 3.65. The summed E-state index contributed by atoms with van der Waals surface area (Å²) in [7, 11) is -1.83. The number of nitrogens with one attached hydrogen (secondary N) is 1. The van der Waals surface area contributed by atoms with E-state index in [0.717, 1.165) is 19.4 Å². The number of rotatable bonds is 4. The highest BCUT2D eigenvalue weighted by atomic mass is 35.5. The lowest BCUT2D eigenvalue weighted by molar-refractivity contribution is 0.417. The predicted molar refractivity (Wildman–Crippen MR) is 72.3 cm³/mol. The van der Waals surface area contributed by atoms with Crippen LogP contribution in [0.4, 0.5) is 0 Å². The van der Waals surface area contributed by atoms with Crippen molar-refractivity contribution < 1.29 is 8.42 Å². The minimum Gasteiger partial charge on any atom is -0.313 e. The Labute approximate surface area is 113 Å². The largest absolute Gasteiger partial charge is 0.313 e. The molecule has 1 saturated heterocycles. The van der Waals surface area contributed by atoms with Crippen molar-refractivity contribution in [1.29, 1.82) is 0 Å². The molecule has 0 radical (unpaired) electrons. The van der Waals surface area contributed by atoms with E-state index in [0.29, 0.717) is 11.6 Å². The highest BCUT2D eigenvalue weighted by Crippen LogP contribution is 2.19. The van der Waals surface area contributed by atoms with Crippen molar-refractivity contribution in [2.45, 2.75) is 23.8 Å². The van der Waals surface area contributed by atoms with E-state index in [-0.39, 0.29) is 10.9 Å². The van der Waals surface area contributed by atoms with E-state index >= 15 is 0 Å². The quantitative estimate of drug-likeness (QED) is 0.918. The number of sulfonamides is 1. The maximum atomic E-state index is 12.3. The molecular weight excluding hydrogens is 272 g/mol. The van der Waals surface area contributed by atoms with Crippen molar-refractivity contribution in [2.75, 3.05) is 20.1 Å². The average molecular weight is 289 g/mol. The Kier molecular flexibility index (Phi) is 4.27. The zero-order valence-electron chi connectivity index (χ0n) is 10.3. The molecule has 0 aliphatic carbocycles. The van der Waals surface area contributed by atoms with Gasteiger partial charge in [0.05, 0.1) is 4.90 Å². The monoisotopic (exact) mass is 288 g/mol. The molecule has 1 N–H and O–H groups in total. The third-order valence-corrected chi connectivity index (χ3v) is 5.20. The third kappa shape index (κ3) is 3.03. The second kappa shape index (κ2) is 5.57. The molecule has 0 bridgehead atoms. The summed E-state index contributed by atoms with van der Waals surface area (Å²) in [5.41, 5.74) is 0. The van der Waals surface area contributed by atoms with Gasteiger partial charge in [0.25, 0.3) is 0 Å². The van der Waals surface area contributed by atoms with E-state index in [1.165, 1.54) is 10.4 Å². The second-order valence-electron chi connectivity index (χ2n) is 4.54. The molecule has 4 nitrogen and oxygen atoms in total. The van der Waals surface area contributed by atoms with Gasteiger partial charge in [-0.05, 0) is 37.6 Å². The first-order valence-corrected chi connectivity index (χ1v) is 7.77. The van der Waals surface area contributed by atoms with E-state index in [1.807, 2.05) is 0 Å². The van der Waals surface area contributed by atoms with Gasteiger partial charge in [0.2, 0.25) is 10.0 Å². The first kappa shape index (κ1) is 13.8. The smallest absolute Gasteiger partial charge is 0.242 e. The van der Waals surface area contributed by atoms with Crippen molar-refractivity contribution in [3.63, 3.8) is 0 Å². The fourth-order valence-electron chi connectivity index (χ4n) is 2.13. The summed E-state index contributed by atoms with van der Waals surface area (Å²) in [6.07, 6.45) is 2.13. The number of nitrogens with zero attached hydrogens (tertiary/aromatic N) is 1. The molecule has 100 valence electrons. The van der Waals surface area contributed by atoms with Crippen molar-refractivity contribution >= 4 is 21.6 Å². The molecule has 1 aromatic carbocycles. The molecule has 0 spiro atoms. The number of hydrogen-bond acceptors (Lipinski definition) is 3. The lowest BCUT2D eigenvalue weighted by atomic mass is 10.2. The minimum atomic E-state index is -3.44. The molecule has 0 aromatic heterocycles. The van der Waals surface area contributed by atoms with Crippen LogP contribution in [0.2, 0.25) is 5.02 Å². The van der Waals surface area contributed by atoms with Crippen LogP contribution >= 0.6 is 11.6 Å². The van der Waals surface area contributed by atoms with Gasteiger partial charge in [-0.1, -0.05) is 17.7 Å². The van der Waals surface area contributed by atoms with Crippen LogP contribution in [0.1, 0.15) is 12.8 Å². The van der Waals surface area contributed by atoms with E-state index < -0.39 is 10.0 Å². The normalized spacial score (nSPS) is 20.5. The molecule has 1 aromatic rings. The molecule has 1 aliphatic heterocycles. The summed E-state index contributed by atoms with van der Waals surface area (Å²) < 4.78 is 26.0. The summed E-state index contributed by atoms with van der Waals surface area (Å²) in [5.74, 6) is 0. The molecule has 1 aliphatic rings. The molecule has 18 heavy (non-hydrogen) atoms. The number of halogens is 1. The summed E-state index contributed by atoms with van der Waals surface area (Å²) in [6, 6.07) is 6.62. The van der Waals surface area contributed by atoms with Crippen LogP contribution in [-0.4, -0.2) is 38.9 Å². The van der Waals surface area contributed by atoms with Crippen molar-refractivity contribution in [1.82, 2.24) is 9.62 Å². The number of hydrogen-bond donors (Lipinski definition) is 1. The van der Waals surface area contributed by atoms with Crippen molar-refractivity contribution in [2.24, 2.45) is 0 Å². The van der Waals surface area contributed by atoms with Crippen LogP contribution in [0.15, 0.2) is 29.2 Å².